The molecule has 0 aliphatic carbocycles. The number of hydrogen-bond donors (Lipinski definition) is 3. The van der Waals surface area contributed by atoms with Gasteiger partial charge in [0.05, 0.1) is 11.2 Å². The first-order valence-corrected chi connectivity index (χ1v) is 10.7. The van der Waals surface area contributed by atoms with Gasteiger partial charge in [0.1, 0.15) is 12.3 Å². The van der Waals surface area contributed by atoms with Gasteiger partial charge in [-0.05, 0) is 26.3 Å². The Hall–Kier alpha value is -3.27. The van der Waals surface area contributed by atoms with Crippen LogP contribution in [0.15, 0.2) is 30.3 Å². The molecule has 0 atom stereocenters. The van der Waals surface area contributed by atoms with Crippen molar-refractivity contribution in [2.24, 2.45) is 7.05 Å². The summed E-state index contributed by atoms with van der Waals surface area (Å²) in [7, 11) is 1.78. The van der Waals surface area contributed by atoms with E-state index in [1.165, 1.54) is 0 Å². The van der Waals surface area contributed by atoms with Crippen LogP contribution in [0.25, 0.3) is 0 Å². The van der Waals surface area contributed by atoms with Gasteiger partial charge in [0, 0.05) is 39.8 Å². The van der Waals surface area contributed by atoms with Crippen molar-refractivity contribution in [3.05, 3.63) is 41.6 Å². The lowest BCUT2D eigenvalue weighted by molar-refractivity contribution is 0.130. The molecule has 0 spiro atoms. The predicted molar refractivity (Wildman–Crippen MR) is 121 cm³/mol. The molecular formula is C22H32N6O4. The van der Waals surface area contributed by atoms with Gasteiger partial charge in [-0.1, -0.05) is 30.3 Å². The highest BCUT2D eigenvalue weighted by molar-refractivity contribution is 5.73. The third-order valence-corrected chi connectivity index (χ3v) is 5.22. The van der Waals surface area contributed by atoms with Gasteiger partial charge < -0.3 is 30.3 Å². The van der Waals surface area contributed by atoms with Crippen LogP contribution in [0.1, 0.15) is 25.1 Å². The van der Waals surface area contributed by atoms with Crippen LogP contribution in [0, 0.1) is 6.92 Å². The molecule has 2 amide bonds. The summed E-state index contributed by atoms with van der Waals surface area (Å²) >= 11 is 0. The zero-order chi connectivity index (χ0) is 23.1. The average Bonchev–Trinajstić information content (AvgIpc) is 3.04. The van der Waals surface area contributed by atoms with E-state index in [0.29, 0.717) is 25.3 Å². The molecule has 3 rings (SSSR count). The van der Waals surface area contributed by atoms with Gasteiger partial charge in [-0.3, -0.25) is 4.68 Å². The summed E-state index contributed by atoms with van der Waals surface area (Å²) in [4.78, 5) is 26.4. The van der Waals surface area contributed by atoms with E-state index in [1.54, 1.807) is 16.6 Å². The topological polar surface area (TPSA) is 110 Å². The first kappa shape index (κ1) is 23.4. The van der Waals surface area contributed by atoms with Crippen LogP contribution >= 0.6 is 0 Å². The van der Waals surface area contributed by atoms with Crippen molar-refractivity contribution in [2.75, 3.05) is 38.0 Å². The smallest absolute Gasteiger partial charge is 0.416 e. The second-order valence-electron chi connectivity index (χ2n) is 8.42. The van der Waals surface area contributed by atoms with Gasteiger partial charge in [0.15, 0.2) is 0 Å². The molecule has 174 valence electrons. The van der Waals surface area contributed by atoms with E-state index in [1.807, 2.05) is 51.1 Å². The summed E-state index contributed by atoms with van der Waals surface area (Å²) in [6.07, 6.45) is -0.927. The number of anilines is 1. The number of aryl methyl sites for hydroxylation is 1. The molecule has 1 saturated heterocycles. The molecule has 10 heteroatoms. The molecule has 0 saturated carbocycles. The second-order valence-corrected chi connectivity index (χ2v) is 8.42. The van der Waals surface area contributed by atoms with E-state index in [9.17, 15) is 9.59 Å². The first-order chi connectivity index (χ1) is 15.2. The van der Waals surface area contributed by atoms with Gasteiger partial charge in [-0.2, -0.15) is 0 Å². The molecule has 0 bridgehead atoms. The fourth-order valence-corrected chi connectivity index (χ4v) is 3.24. The van der Waals surface area contributed by atoms with E-state index in [-0.39, 0.29) is 12.5 Å². The normalized spacial score (nSPS) is 14.1. The Morgan fingerprint density at radius 3 is 2.56 bits per heavy atom. The second kappa shape index (κ2) is 10.4. The van der Waals surface area contributed by atoms with Crippen LogP contribution in [0.5, 0.6) is 5.88 Å². The van der Waals surface area contributed by atoms with Crippen LogP contribution in [-0.2, 0) is 18.4 Å². The number of carbonyl (C=O) groups excluding carboxylic acids is 2. The number of ether oxygens (including phenoxy) is 2. The third-order valence-electron chi connectivity index (χ3n) is 5.22. The first-order valence-electron chi connectivity index (χ1n) is 10.7. The van der Waals surface area contributed by atoms with Crippen molar-refractivity contribution >= 4 is 17.9 Å². The van der Waals surface area contributed by atoms with Gasteiger partial charge in [0.25, 0.3) is 5.88 Å². The van der Waals surface area contributed by atoms with Crippen molar-refractivity contribution in [3.8, 4) is 5.88 Å². The van der Waals surface area contributed by atoms with Crippen LogP contribution in [0.3, 0.4) is 0 Å². The number of aromatic nitrogens is 2. The Kier molecular flexibility index (Phi) is 7.57. The molecule has 1 aliphatic rings. The molecule has 1 aromatic carbocycles. The number of nitrogens with one attached hydrogen (secondary N) is 3. The minimum Gasteiger partial charge on any atom is -0.445 e. The molecule has 10 nitrogen and oxygen atoms in total. The van der Waals surface area contributed by atoms with Gasteiger partial charge in [-0.25, -0.2) is 9.59 Å². The minimum absolute atomic E-state index is 0.198. The Morgan fingerprint density at radius 2 is 1.88 bits per heavy atom. The lowest BCUT2D eigenvalue weighted by Gasteiger charge is -2.27. The molecule has 0 radical (unpaired) electrons. The molecule has 1 fully saturated rings. The molecule has 1 aromatic heterocycles. The van der Waals surface area contributed by atoms with Crippen LogP contribution in [-0.4, -0.2) is 65.1 Å². The molecule has 2 aromatic rings. The fourth-order valence-electron chi connectivity index (χ4n) is 3.24. The number of hydrogen-bond acceptors (Lipinski definition) is 7. The van der Waals surface area contributed by atoms with Crippen molar-refractivity contribution < 1.29 is 19.1 Å². The van der Waals surface area contributed by atoms with E-state index in [0.717, 1.165) is 24.3 Å². The summed E-state index contributed by atoms with van der Waals surface area (Å²) in [6, 6.07) is 9.50. The van der Waals surface area contributed by atoms with Crippen LogP contribution in [0.4, 0.5) is 15.3 Å². The number of benzene rings is 1. The number of nitrogens with zero attached hydrogens (tertiary/aromatic N) is 3. The lowest BCUT2D eigenvalue weighted by Crippen LogP contribution is -2.48. The van der Waals surface area contributed by atoms with E-state index in [2.05, 4.69) is 21.0 Å². The minimum atomic E-state index is -0.629. The van der Waals surface area contributed by atoms with E-state index >= 15 is 0 Å². The monoisotopic (exact) mass is 444 g/mol. The number of alkyl carbamates (subject to hydrolysis) is 1. The Bertz CT molecular complexity index is 922. The molecular weight excluding hydrogens is 412 g/mol. The number of rotatable bonds is 7. The largest absolute Gasteiger partial charge is 0.445 e. The SMILES string of the molecule is Cc1c(NCC(C)(C)NC(=O)OCc2ccccc2)c(OC(=O)N2CCNCC2)nn1C. The summed E-state index contributed by atoms with van der Waals surface area (Å²) in [5.41, 5.74) is 1.72. The average molecular weight is 445 g/mol. The maximum absolute atomic E-state index is 12.5. The molecule has 0 unspecified atom stereocenters. The highest BCUT2D eigenvalue weighted by Gasteiger charge is 2.26. The van der Waals surface area contributed by atoms with Gasteiger partial charge in [0.2, 0.25) is 0 Å². The quantitative estimate of drug-likeness (QED) is 0.601. The summed E-state index contributed by atoms with van der Waals surface area (Å²) in [5, 5.41) is 13.7. The van der Waals surface area contributed by atoms with Crippen molar-refractivity contribution in [2.45, 2.75) is 32.9 Å². The zero-order valence-corrected chi connectivity index (χ0v) is 19.1. The number of amides is 2. The Balaban J connectivity index is 1.56. The van der Waals surface area contributed by atoms with Crippen LogP contribution < -0.4 is 20.7 Å². The van der Waals surface area contributed by atoms with E-state index < -0.39 is 17.7 Å². The van der Waals surface area contributed by atoms with Gasteiger partial charge in [-0.15, -0.1) is 5.10 Å². The number of piperazine rings is 1. The molecule has 32 heavy (non-hydrogen) atoms. The summed E-state index contributed by atoms with van der Waals surface area (Å²) < 4.78 is 12.5. The zero-order valence-electron chi connectivity index (χ0n) is 19.1. The fraction of sp³-hybridized carbons (Fsp3) is 0.500. The highest BCUT2D eigenvalue weighted by atomic mass is 16.6. The highest BCUT2D eigenvalue weighted by Crippen LogP contribution is 2.28. The molecule has 1 aliphatic heterocycles. The standard InChI is InChI=1S/C22H32N6O4/c1-16-18(19(26-27(16)4)32-21(30)28-12-10-23-11-13-28)24-15-22(2,3)25-20(29)31-14-17-8-6-5-7-9-17/h5-9,23-24H,10-15H2,1-4H3,(H,25,29). The molecule has 3 N–H and O–H groups in total. The Labute approximate surface area is 188 Å². The van der Waals surface area contributed by atoms with E-state index in [4.69, 9.17) is 9.47 Å². The Morgan fingerprint density at radius 1 is 1.19 bits per heavy atom. The van der Waals surface area contributed by atoms with Crippen LogP contribution in [0.2, 0.25) is 0 Å². The summed E-state index contributed by atoms with van der Waals surface area (Å²) in [6.45, 7) is 8.87. The van der Waals surface area contributed by atoms with Crippen molar-refractivity contribution in [1.82, 2.24) is 25.3 Å². The third kappa shape index (κ3) is 6.36. The lowest BCUT2D eigenvalue weighted by atomic mass is 10.1. The van der Waals surface area contributed by atoms with Gasteiger partial charge >= 0.3 is 12.2 Å². The predicted octanol–water partition coefficient (Wildman–Crippen LogP) is 2.25. The maximum Gasteiger partial charge on any atom is 0.416 e. The maximum atomic E-state index is 12.5. The number of carbonyl (C=O) groups is 2. The molecule has 2 heterocycles. The van der Waals surface area contributed by atoms with Crippen molar-refractivity contribution in [1.29, 1.82) is 0 Å². The van der Waals surface area contributed by atoms with Crippen molar-refractivity contribution in [3.63, 3.8) is 0 Å². The summed E-state index contributed by atoms with van der Waals surface area (Å²) in [5.74, 6) is 0.219.